The number of carbonyl (C=O) groups is 2. The Morgan fingerprint density at radius 3 is 2.14 bits per heavy atom. The minimum Gasteiger partial charge on any atom is -0.457 e. The Balaban J connectivity index is 1.49. The Labute approximate surface area is 168 Å². The first-order valence-electron chi connectivity index (χ1n) is 9.17. The lowest BCUT2D eigenvalue weighted by Gasteiger charge is -2.08. The summed E-state index contributed by atoms with van der Waals surface area (Å²) in [5.41, 5.74) is 2.77. The van der Waals surface area contributed by atoms with Crippen molar-refractivity contribution in [2.24, 2.45) is 0 Å². The first-order chi connectivity index (χ1) is 14.2. The van der Waals surface area contributed by atoms with Gasteiger partial charge in [0.05, 0.1) is 17.4 Å². The van der Waals surface area contributed by atoms with Crippen LogP contribution in [0.25, 0.3) is 5.69 Å². The van der Waals surface area contributed by atoms with Gasteiger partial charge in [-0.15, -0.1) is 0 Å². The Hall–Kier alpha value is -3.99. The number of nitrogens with zero attached hydrogens (tertiary/aromatic N) is 2. The van der Waals surface area contributed by atoms with E-state index in [0.29, 0.717) is 11.1 Å². The number of aromatic nitrogens is 2. The van der Waals surface area contributed by atoms with E-state index in [4.69, 9.17) is 4.74 Å². The van der Waals surface area contributed by atoms with Crippen LogP contribution in [-0.4, -0.2) is 21.5 Å². The second-order valence-electron chi connectivity index (χ2n) is 6.45. The summed E-state index contributed by atoms with van der Waals surface area (Å²) in [4.78, 5) is 25.4. The maximum absolute atomic E-state index is 12.8. The van der Waals surface area contributed by atoms with Crippen LogP contribution < -0.4 is 0 Å². The Bertz CT molecular complexity index is 1140. The Morgan fingerprint density at radius 2 is 1.41 bits per heavy atom. The van der Waals surface area contributed by atoms with E-state index in [1.54, 1.807) is 59.4 Å². The van der Waals surface area contributed by atoms with E-state index in [0.717, 1.165) is 11.3 Å². The summed E-state index contributed by atoms with van der Waals surface area (Å²) in [5, 5.41) is 4.29. The molecule has 0 bridgehead atoms. The molecule has 5 nitrogen and oxygen atoms in total. The third-order valence-corrected chi connectivity index (χ3v) is 4.45. The summed E-state index contributed by atoms with van der Waals surface area (Å²) in [6, 6.07) is 25.2. The zero-order valence-electron chi connectivity index (χ0n) is 15.6. The lowest BCUT2D eigenvalue weighted by atomic mass is 9.98. The Morgan fingerprint density at radius 1 is 0.793 bits per heavy atom. The molecular formula is C24H18N2O3. The van der Waals surface area contributed by atoms with E-state index < -0.39 is 5.97 Å². The molecule has 0 amide bonds. The Kier molecular flexibility index (Phi) is 5.29. The third-order valence-electron chi connectivity index (χ3n) is 4.45. The summed E-state index contributed by atoms with van der Waals surface area (Å²) in [6.45, 7) is 0.0690. The van der Waals surface area contributed by atoms with Gasteiger partial charge in [0.25, 0.3) is 0 Å². The first kappa shape index (κ1) is 18.4. The van der Waals surface area contributed by atoms with Crippen LogP contribution in [-0.2, 0) is 11.3 Å². The fraction of sp³-hybridized carbons (Fsp3) is 0.0417. The van der Waals surface area contributed by atoms with Gasteiger partial charge in [0, 0.05) is 22.9 Å². The SMILES string of the molecule is O=C(OCc1cnn(-c2ccccc2)c1)c1ccccc1C(=O)c1ccccc1. The van der Waals surface area contributed by atoms with Crippen LogP contribution in [0.3, 0.4) is 0 Å². The van der Waals surface area contributed by atoms with Crippen LogP contribution in [0, 0.1) is 0 Å². The van der Waals surface area contributed by atoms with Crippen molar-refractivity contribution >= 4 is 11.8 Å². The molecule has 142 valence electrons. The molecule has 0 radical (unpaired) electrons. The second kappa shape index (κ2) is 8.35. The van der Waals surface area contributed by atoms with Gasteiger partial charge in [0.2, 0.25) is 0 Å². The number of carbonyl (C=O) groups excluding carboxylic acids is 2. The second-order valence-corrected chi connectivity index (χ2v) is 6.45. The van der Waals surface area contributed by atoms with Gasteiger partial charge < -0.3 is 4.74 Å². The van der Waals surface area contributed by atoms with Crippen LogP contribution in [0.1, 0.15) is 31.8 Å². The molecule has 0 fully saturated rings. The fourth-order valence-corrected chi connectivity index (χ4v) is 2.99. The molecule has 0 unspecified atom stereocenters. The van der Waals surface area contributed by atoms with Gasteiger partial charge in [-0.1, -0.05) is 66.7 Å². The number of benzene rings is 3. The molecule has 3 aromatic carbocycles. The highest BCUT2D eigenvalue weighted by atomic mass is 16.5. The zero-order valence-corrected chi connectivity index (χ0v) is 15.6. The highest BCUT2D eigenvalue weighted by molar-refractivity contribution is 6.14. The number of ketones is 1. The molecule has 0 aliphatic carbocycles. The summed E-state index contributed by atoms with van der Waals surface area (Å²) in [6.07, 6.45) is 3.46. The predicted octanol–water partition coefficient (Wildman–Crippen LogP) is 4.46. The highest BCUT2D eigenvalue weighted by Crippen LogP contribution is 2.17. The number of ether oxygens (including phenoxy) is 1. The van der Waals surface area contributed by atoms with Crippen LogP contribution >= 0.6 is 0 Å². The van der Waals surface area contributed by atoms with E-state index in [-0.39, 0.29) is 18.0 Å². The molecule has 0 spiro atoms. The van der Waals surface area contributed by atoms with Crippen molar-refractivity contribution in [3.05, 3.63) is 120 Å². The number of rotatable bonds is 6. The van der Waals surface area contributed by atoms with E-state index in [9.17, 15) is 9.59 Å². The molecule has 0 aliphatic heterocycles. The molecule has 0 N–H and O–H groups in total. The van der Waals surface area contributed by atoms with Gasteiger partial charge in [-0.3, -0.25) is 4.79 Å². The lowest BCUT2D eigenvalue weighted by Crippen LogP contribution is -2.12. The minimum atomic E-state index is -0.544. The average Bonchev–Trinajstić information content (AvgIpc) is 3.27. The van der Waals surface area contributed by atoms with Gasteiger partial charge in [-0.2, -0.15) is 5.10 Å². The van der Waals surface area contributed by atoms with Crippen molar-refractivity contribution in [3.63, 3.8) is 0 Å². The van der Waals surface area contributed by atoms with E-state index in [1.807, 2.05) is 42.6 Å². The largest absolute Gasteiger partial charge is 0.457 e. The number of hydrogen-bond acceptors (Lipinski definition) is 4. The van der Waals surface area contributed by atoms with Crippen molar-refractivity contribution < 1.29 is 14.3 Å². The summed E-state index contributed by atoms with van der Waals surface area (Å²) in [7, 11) is 0. The maximum Gasteiger partial charge on any atom is 0.339 e. The van der Waals surface area contributed by atoms with Crippen LogP contribution in [0.2, 0.25) is 0 Å². The van der Waals surface area contributed by atoms with E-state index >= 15 is 0 Å². The lowest BCUT2D eigenvalue weighted by molar-refractivity contribution is 0.0470. The molecule has 4 aromatic rings. The molecule has 0 saturated heterocycles. The monoisotopic (exact) mass is 382 g/mol. The third kappa shape index (κ3) is 4.14. The van der Waals surface area contributed by atoms with E-state index in [2.05, 4.69) is 5.10 Å². The minimum absolute atomic E-state index is 0.0690. The molecule has 0 saturated carbocycles. The van der Waals surface area contributed by atoms with Gasteiger partial charge in [0.1, 0.15) is 6.61 Å². The van der Waals surface area contributed by atoms with Crippen molar-refractivity contribution in [1.82, 2.24) is 9.78 Å². The molecular weight excluding hydrogens is 364 g/mol. The number of hydrogen-bond donors (Lipinski definition) is 0. The maximum atomic E-state index is 12.8. The van der Waals surface area contributed by atoms with E-state index in [1.165, 1.54) is 0 Å². The standard InChI is InChI=1S/C24H18N2O3/c27-23(19-9-3-1-4-10-19)21-13-7-8-14-22(21)24(28)29-17-18-15-25-26(16-18)20-11-5-2-6-12-20/h1-16H,17H2. The van der Waals surface area contributed by atoms with Gasteiger partial charge >= 0.3 is 5.97 Å². The number of esters is 1. The van der Waals surface area contributed by atoms with Gasteiger partial charge in [-0.25, -0.2) is 9.48 Å². The average molecular weight is 382 g/mol. The van der Waals surface area contributed by atoms with Crippen LogP contribution in [0.15, 0.2) is 97.3 Å². The zero-order chi connectivity index (χ0) is 20.1. The van der Waals surface area contributed by atoms with Crippen molar-refractivity contribution in [1.29, 1.82) is 0 Å². The van der Waals surface area contributed by atoms with Gasteiger partial charge in [0.15, 0.2) is 5.78 Å². The summed E-state index contributed by atoms with van der Waals surface area (Å²) in [5.74, 6) is -0.757. The number of para-hydroxylation sites is 1. The quantitative estimate of drug-likeness (QED) is 0.365. The van der Waals surface area contributed by atoms with Crippen molar-refractivity contribution in [3.8, 4) is 5.69 Å². The van der Waals surface area contributed by atoms with Crippen molar-refractivity contribution in [2.45, 2.75) is 6.61 Å². The topological polar surface area (TPSA) is 61.2 Å². The molecule has 0 atom stereocenters. The predicted molar refractivity (Wildman–Crippen MR) is 109 cm³/mol. The first-order valence-corrected chi connectivity index (χ1v) is 9.17. The van der Waals surface area contributed by atoms with Gasteiger partial charge in [-0.05, 0) is 18.2 Å². The molecule has 29 heavy (non-hydrogen) atoms. The molecule has 0 aliphatic rings. The van der Waals surface area contributed by atoms with Crippen LogP contribution in [0.5, 0.6) is 0 Å². The highest BCUT2D eigenvalue weighted by Gasteiger charge is 2.19. The molecule has 1 aromatic heterocycles. The van der Waals surface area contributed by atoms with Crippen LogP contribution in [0.4, 0.5) is 0 Å². The summed E-state index contributed by atoms with van der Waals surface area (Å²) >= 11 is 0. The fourth-order valence-electron chi connectivity index (χ4n) is 2.99. The smallest absolute Gasteiger partial charge is 0.339 e. The van der Waals surface area contributed by atoms with Crippen molar-refractivity contribution in [2.75, 3.05) is 0 Å². The molecule has 4 rings (SSSR count). The molecule has 1 heterocycles. The molecule has 5 heteroatoms. The summed E-state index contributed by atoms with van der Waals surface area (Å²) < 4.78 is 7.16. The normalized spacial score (nSPS) is 10.5.